The van der Waals surface area contributed by atoms with Gasteiger partial charge in [-0.25, -0.2) is 9.18 Å². The zero-order valence-corrected chi connectivity index (χ0v) is 14.0. The van der Waals surface area contributed by atoms with Gasteiger partial charge >= 0.3 is 5.97 Å². The molecule has 0 bridgehead atoms. The summed E-state index contributed by atoms with van der Waals surface area (Å²) in [4.78, 5) is 13.3. The number of benzene rings is 2. The molecular formula is C20H19FN2O2. The van der Waals surface area contributed by atoms with Gasteiger partial charge in [-0.1, -0.05) is 12.1 Å². The van der Waals surface area contributed by atoms with Crippen molar-refractivity contribution in [2.45, 2.75) is 19.5 Å². The Bertz CT molecular complexity index is 960. The zero-order chi connectivity index (χ0) is 17.6. The number of carboxylic acid groups (broad SMARTS) is 1. The molecule has 0 saturated carbocycles. The maximum Gasteiger partial charge on any atom is 0.335 e. The average molecular weight is 338 g/mol. The van der Waals surface area contributed by atoms with E-state index in [1.165, 1.54) is 17.3 Å². The molecule has 0 fully saturated rings. The van der Waals surface area contributed by atoms with Crippen LogP contribution in [-0.2, 0) is 19.5 Å². The van der Waals surface area contributed by atoms with E-state index in [1.54, 1.807) is 18.2 Å². The zero-order valence-electron chi connectivity index (χ0n) is 14.0. The fourth-order valence-electron chi connectivity index (χ4n) is 3.67. The Morgan fingerprint density at radius 2 is 1.96 bits per heavy atom. The molecule has 1 aromatic heterocycles. The highest BCUT2D eigenvalue weighted by Gasteiger charge is 2.22. The van der Waals surface area contributed by atoms with E-state index in [-0.39, 0.29) is 11.4 Å². The van der Waals surface area contributed by atoms with Crippen LogP contribution in [0.4, 0.5) is 4.39 Å². The van der Waals surface area contributed by atoms with Crippen LogP contribution in [0, 0.1) is 5.82 Å². The number of aromatic nitrogens is 1. The summed E-state index contributed by atoms with van der Waals surface area (Å²) in [6, 6.07) is 11.9. The Labute approximate surface area is 145 Å². The van der Waals surface area contributed by atoms with E-state index < -0.39 is 5.97 Å². The van der Waals surface area contributed by atoms with E-state index in [9.17, 15) is 9.18 Å². The first-order valence-corrected chi connectivity index (χ1v) is 8.33. The van der Waals surface area contributed by atoms with E-state index in [2.05, 4.69) is 16.5 Å². The molecule has 0 unspecified atom stereocenters. The van der Waals surface area contributed by atoms with Crippen LogP contribution in [0.25, 0.3) is 10.9 Å². The number of aromatic carboxylic acids is 1. The second-order valence-electron chi connectivity index (χ2n) is 6.66. The van der Waals surface area contributed by atoms with E-state index >= 15 is 0 Å². The van der Waals surface area contributed by atoms with E-state index in [4.69, 9.17) is 5.11 Å². The Hall–Kier alpha value is -2.66. The van der Waals surface area contributed by atoms with Gasteiger partial charge in [-0.15, -0.1) is 0 Å². The molecule has 5 heteroatoms. The fraction of sp³-hybridized carbons (Fsp3) is 0.250. The normalized spacial score (nSPS) is 14.6. The third kappa shape index (κ3) is 2.81. The summed E-state index contributed by atoms with van der Waals surface area (Å²) >= 11 is 0. The van der Waals surface area contributed by atoms with Crippen LogP contribution >= 0.6 is 0 Å². The molecule has 0 saturated heterocycles. The number of hydrogen-bond acceptors (Lipinski definition) is 2. The minimum absolute atomic E-state index is 0.216. The number of nitrogens with zero attached hydrogens (tertiary/aromatic N) is 2. The van der Waals surface area contributed by atoms with Crippen LogP contribution in [0.1, 0.15) is 27.2 Å². The Morgan fingerprint density at radius 1 is 1.20 bits per heavy atom. The lowest BCUT2D eigenvalue weighted by Crippen LogP contribution is -2.27. The summed E-state index contributed by atoms with van der Waals surface area (Å²) in [5, 5.41) is 10.0. The first kappa shape index (κ1) is 15.8. The first-order chi connectivity index (χ1) is 12.0. The SMILES string of the molecule is CN1CCc2c(c3cc(F)ccc3n2Cc2ccc(C(=O)O)cc2)C1. The van der Waals surface area contributed by atoms with Gasteiger partial charge in [0.1, 0.15) is 5.82 Å². The standard InChI is InChI=1S/C20H19FN2O2/c1-22-9-8-19-17(12-22)16-10-15(21)6-7-18(16)23(19)11-13-2-4-14(5-3-13)20(24)25/h2-7,10H,8-9,11-12H2,1H3,(H,24,25). The molecule has 1 aliphatic rings. The maximum absolute atomic E-state index is 13.8. The first-order valence-electron chi connectivity index (χ1n) is 8.33. The predicted octanol–water partition coefficient (Wildman–Crippen LogP) is 3.51. The predicted molar refractivity (Wildman–Crippen MR) is 94.4 cm³/mol. The Balaban J connectivity index is 1.80. The van der Waals surface area contributed by atoms with Crippen molar-refractivity contribution in [3.05, 3.63) is 70.7 Å². The van der Waals surface area contributed by atoms with Gasteiger partial charge in [0.25, 0.3) is 0 Å². The molecule has 1 N–H and O–H groups in total. The van der Waals surface area contributed by atoms with Crippen molar-refractivity contribution in [2.24, 2.45) is 0 Å². The topological polar surface area (TPSA) is 45.5 Å². The molecule has 0 radical (unpaired) electrons. The van der Waals surface area contributed by atoms with Gasteiger partial charge in [0.15, 0.2) is 0 Å². The third-order valence-electron chi connectivity index (χ3n) is 4.95. The Kier molecular flexibility index (Phi) is 3.81. The summed E-state index contributed by atoms with van der Waals surface area (Å²) in [7, 11) is 2.08. The number of fused-ring (bicyclic) bond motifs is 3. The molecule has 0 spiro atoms. The largest absolute Gasteiger partial charge is 0.478 e. The van der Waals surface area contributed by atoms with E-state index in [0.29, 0.717) is 6.54 Å². The molecule has 3 aromatic rings. The molecule has 0 atom stereocenters. The summed E-state index contributed by atoms with van der Waals surface area (Å²) in [5.74, 6) is -1.14. The van der Waals surface area contributed by atoms with E-state index in [0.717, 1.165) is 36.0 Å². The molecule has 2 heterocycles. The molecule has 25 heavy (non-hydrogen) atoms. The molecule has 0 aliphatic carbocycles. The van der Waals surface area contributed by atoms with Crippen LogP contribution in [-0.4, -0.2) is 34.1 Å². The lowest BCUT2D eigenvalue weighted by atomic mass is 10.0. The highest BCUT2D eigenvalue weighted by molar-refractivity contribution is 5.88. The highest BCUT2D eigenvalue weighted by Crippen LogP contribution is 2.31. The number of hydrogen-bond donors (Lipinski definition) is 1. The molecule has 128 valence electrons. The van der Waals surface area contributed by atoms with Crippen molar-refractivity contribution in [1.29, 1.82) is 0 Å². The minimum Gasteiger partial charge on any atom is -0.478 e. The van der Waals surface area contributed by atoms with Gasteiger partial charge in [-0.2, -0.15) is 0 Å². The summed E-state index contributed by atoms with van der Waals surface area (Å²) < 4.78 is 16.0. The monoisotopic (exact) mass is 338 g/mol. The number of rotatable bonds is 3. The summed E-state index contributed by atoms with van der Waals surface area (Å²) in [6.45, 7) is 2.45. The molecule has 4 nitrogen and oxygen atoms in total. The number of halogens is 1. The van der Waals surface area contributed by atoms with Crippen LogP contribution in [0.15, 0.2) is 42.5 Å². The third-order valence-corrected chi connectivity index (χ3v) is 4.95. The van der Waals surface area contributed by atoms with Crippen molar-refractivity contribution >= 4 is 16.9 Å². The highest BCUT2D eigenvalue weighted by atomic mass is 19.1. The van der Waals surface area contributed by atoms with Crippen molar-refractivity contribution < 1.29 is 14.3 Å². The second kappa shape index (κ2) is 6.01. The Morgan fingerprint density at radius 3 is 2.68 bits per heavy atom. The van der Waals surface area contributed by atoms with Gasteiger partial charge in [0.2, 0.25) is 0 Å². The van der Waals surface area contributed by atoms with Crippen molar-refractivity contribution in [2.75, 3.05) is 13.6 Å². The number of carboxylic acids is 1. The van der Waals surface area contributed by atoms with E-state index in [1.807, 2.05) is 18.2 Å². The van der Waals surface area contributed by atoms with Gasteiger partial charge in [-0.3, -0.25) is 0 Å². The van der Waals surface area contributed by atoms with Crippen molar-refractivity contribution in [3.8, 4) is 0 Å². The van der Waals surface area contributed by atoms with Gasteiger partial charge in [0.05, 0.1) is 5.56 Å². The lowest BCUT2D eigenvalue weighted by molar-refractivity contribution is 0.0697. The number of likely N-dealkylation sites (N-methyl/N-ethyl adjacent to an activating group) is 1. The lowest BCUT2D eigenvalue weighted by Gasteiger charge is -2.24. The second-order valence-corrected chi connectivity index (χ2v) is 6.66. The summed E-state index contributed by atoms with van der Waals surface area (Å²) in [5.41, 5.74) is 4.80. The van der Waals surface area contributed by atoms with Gasteiger partial charge in [0, 0.05) is 42.7 Å². The van der Waals surface area contributed by atoms with Crippen LogP contribution in [0.5, 0.6) is 0 Å². The maximum atomic E-state index is 13.8. The van der Waals surface area contributed by atoms with Crippen molar-refractivity contribution in [1.82, 2.24) is 9.47 Å². The van der Waals surface area contributed by atoms with Gasteiger partial charge in [-0.05, 0) is 48.5 Å². The fourth-order valence-corrected chi connectivity index (χ4v) is 3.67. The minimum atomic E-state index is -0.922. The molecule has 0 amide bonds. The van der Waals surface area contributed by atoms with Crippen molar-refractivity contribution in [3.63, 3.8) is 0 Å². The quantitative estimate of drug-likeness (QED) is 0.795. The van der Waals surface area contributed by atoms with Crippen LogP contribution in [0.2, 0.25) is 0 Å². The molecule has 2 aromatic carbocycles. The summed E-state index contributed by atoms with van der Waals surface area (Å²) in [6.07, 6.45) is 0.926. The van der Waals surface area contributed by atoms with Crippen LogP contribution in [0.3, 0.4) is 0 Å². The smallest absolute Gasteiger partial charge is 0.335 e. The molecule has 1 aliphatic heterocycles. The van der Waals surface area contributed by atoms with Crippen LogP contribution < -0.4 is 0 Å². The van der Waals surface area contributed by atoms with Gasteiger partial charge < -0.3 is 14.6 Å². The average Bonchev–Trinajstić information content (AvgIpc) is 2.88. The number of carbonyl (C=O) groups is 1. The molecular weight excluding hydrogens is 319 g/mol. The molecule has 4 rings (SSSR count).